The zero-order valence-corrected chi connectivity index (χ0v) is 12.5. The fourth-order valence-electron chi connectivity index (χ4n) is 1.83. The van der Waals surface area contributed by atoms with Crippen LogP contribution in [0.15, 0.2) is 42.5 Å². The van der Waals surface area contributed by atoms with E-state index in [-0.39, 0.29) is 21.9 Å². The molecule has 22 heavy (non-hydrogen) atoms. The molecule has 0 bridgehead atoms. The number of carbonyl (C=O) groups excluding carboxylic acids is 1. The minimum Gasteiger partial charge on any atom is -0.493 e. The molecule has 6 heteroatoms. The van der Waals surface area contributed by atoms with Gasteiger partial charge in [0.2, 0.25) is 0 Å². The number of halogens is 1. The smallest absolute Gasteiger partial charge is 0.347 e. The molecule has 0 amide bonds. The topological polar surface area (TPSA) is 72.8 Å². The number of carboxylic acids is 1. The highest BCUT2D eigenvalue weighted by Gasteiger charge is 2.19. The third-order valence-electron chi connectivity index (χ3n) is 2.78. The molecule has 0 fully saturated rings. The standard InChI is InChI=1S/C16H13ClO5/c1-2-21-13-6-4-3-5-11(13)16(20)22-14-8-7-10(17)9-12(14)15(18)19/h3-9H,2H2,1H3,(H,18,19). The first-order valence-corrected chi connectivity index (χ1v) is 6.87. The van der Waals surface area contributed by atoms with Crippen LogP contribution in [-0.2, 0) is 0 Å². The van der Waals surface area contributed by atoms with Crippen molar-refractivity contribution in [1.82, 2.24) is 0 Å². The number of ether oxygens (including phenoxy) is 2. The van der Waals surface area contributed by atoms with Crippen LogP contribution in [0.5, 0.6) is 11.5 Å². The van der Waals surface area contributed by atoms with Crippen LogP contribution < -0.4 is 9.47 Å². The molecular formula is C16H13ClO5. The summed E-state index contributed by atoms with van der Waals surface area (Å²) in [4.78, 5) is 23.4. The van der Waals surface area contributed by atoms with E-state index in [0.29, 0.717) is 12.4 Å². The van der Waals surface area contributed by atoms with Crippen molar-refractivity contribution in [2.24, 2.45) is 0 Å². The Labute approximate surface area is 132 Å². The number of hydrogen-bond donors (Lipinski definition) is 1. The SMILES string of the molecule is CCOc1ccccc1C(=O)Oc1ccc(Cl)cc1C(=O)O. The van der Waals surface area contributed by atoms with Crippen LogP contribution in [0.25, 0.3) is 0 Å². The van der Waals surface area contributed by atoms with Crippen LogP contribution in [0, 0.1) is 0 Å². The van der Waals surface area contributed by atoms with Gasteiger partial charge in [-0.15, -0.1) is 0 Å². The maximum Gasteiger partial charge on any atom is 0.347 e. The predicted octanol–water partition coefficient (Wildman–Crippen LogP) is 3.66. The van der Waals surface area contributed by atoms with Gasteiger partial charge >= 0.3 is 11.9 Å². The molecule has 0 heterocycles. The van der Waals surface area contributed by atoms with Gasteiger partial charge in [-0.2, -0.15) is 0 Å². The van der Waals surface area contributed by atoms with E-state index in [1.165, 1.54) is 18.2 Å². The van der Waals surface area contributed by atoms with Gasteiger partial charge in [0.25, 0.3) is 0 Å². The monoisotopic (exact) mass is 320 g/mol. The van der Waals surface area contributed by atoms with Crippen LogP contribution in [0.1, 0.15) is 27.6 Å². The third-order valence-corrected chi connectivity index (χ3v) is 3.02. The molecule has 0 aliphatic carbocycles. The second-order valence-electron chi connectivity index (χ2n) is 4.26. The number of carbonyl (C=O) groups is 2. The highest BCUT2D eigenvalue weighted by molar-refractivity contribution is 6.31. The Morgan fingerprint density at radius 2 is 1.82 bits per heavy atom. The normalized spacial score (nSPS) is 10.1. The van der Waals surface area contributed by atoms with Gasteiger partial charge in [0, 0.05) is 5.02 Å². The summed E-state index contributed by atoms with van der Waals surface area (Å²) in [6.07, 6.45) is 0. The summed E-state index contributed by atoms with van der Waals surface area (Å²) in [6, 6.07) is 10.6. The van der Waals surface area contributed by atoms with Gasteiger partial charge in [0.15, 0.2) is 0 Å². The van der Waals surface area contributed by atoms with E-state index in [2.05, 4.69) is 0 Å². The molecule has 2 aromatic rings. The van der Waals surface area contributed by atoms with Crippen molar-refractivity contribution >= 4 is 23.5 Å². The molecular weight excluding hydrogens is 308 g/mol. The molecule has 0 atom stereocenters. The molecule has 0 unspecified atom stereocenters. The highest BCUT2D eigenvalue weighted by atomic mass is 35.5. The number of rotatable bonds is 5. The van der Waals surface area contributed by atoms with Crippen molar-refractivity contribution < 1.29 is 24.2 Å². The molecule has 0 aliphatic rings. The quantitative estimate of drug-likeness (QED) is 0.672. The molecule has 0 radical (unpaired) electrons. The van der Waals surface area contributed by atoms with Gasteiger partial charge in [-0.05, 0) is 37.3 Å². The fourth-order valence-corrected chi connectivity index (χ4v) is 2.00. The zero-order valence-electron chi connectivity index (χ0n) is 11.7. The fraction of sp³-hybridized carbons (Fsp3) is 0.125. The second kappa shape index (κ2) is 6.95. The number of benzene rings is 2. The number of carboxylic acid groups (broad SMARTS) is 1. The molecule has 2 aromatic carbocycles. The van der Waals surface area contributed by atoms with Crippen molar-refractivity contribution in [2.45, 2.75) is 6.92 Å². The lowest BCUT2D eigenvalue weighted by atomic mass is 10.2. The van der Waals surface area contributed by atoms with E-state index in [1.54, 1.807) is 31.2 Å². The summed E-state index contributed by atoms with van der Waals surface area (Å²) in [5.41, 5.74) is 0.0328. The van der Waals surface area contributed by atoms with Gasteiger partial charge in [0.1, 0.15) is 22.6 Å². The third kappa shape index (κ3) is 3.56. The lowest BCUT2D eigenvalue weighted by Gasteiger charge is -2.11. The second-order valence-corrected chi connectivity index (χ2v) is 4.70. The summed E-state index contributed by atoms with van der Waals surface area (Å²) < 4.78 is 10.5. The molecule has 114 valence electrons. The number of para-hydroxylation sites is 1. The molecule has 1 N–H and O–H groups in total. The van der Waals surface area contributed by atoms with E-state index in [9.17, 15) is 9.59 Å². The maximum atomic E-state index is 12.2. The molecule has 0 spiro atoms. The van der Waals surface area contributed by atoms with Gasteiger partial charge < -0.3 is 14.6 Å². The Kier molecular flexibility index (Phi) is 5.01. The van der Waals surface area contributed by atoms with E-state index < -0.39 is 11.9 Å². The minimum absolute atomic E-state index is 0.0757. The van der Waals surface area contributed by atoms with Gasteiger partial charge in [-0.25, -0.2) is 9.59 Å². The van der Waals surface area contributed by atoms with Gasteiger partial charge in [-0.1, -0.05) is 23.7 Å². The molecule has 0 saturated heterocycles. The molecule has 5 nitrogen and oxygen atoms in total. The average Bonchev–Trinajstić information content (AvgIpc) is 2.49. The van der Waals surface area contributed by atoms with Crippen LogP contribution in [0.3, 0.4) is 0 Å². The molecule has 2 rings (SSSR count). The Balaban J connectivity index is 2.32. The van der Waals surface area contributed by atoms with Crippen molar-refractivity contribution in [1.29, 1.82) is 0 Å². The summed E-state index contributed by atoms with van der Waals surface area (Å²) >= 11 is 5.76. The Bertz CT molecular complexity index is 711. The number of hydrogen-bond acceptors (Lipinski definition) is 4. The van der Waals surface area contributed by atoms with Gasteiger partial charge in [-0.3, -0.25) is 0 Å². The zero-order chi connectivity index (χ0) is 16.1. The van der Waals surface area contributed by atoms with E-state index in [4.69, 9.17) is 26.2 Å². The van der Waals surface area contributed by atoms with Crippen molar-refractivity contribution in [3.05, 3.63) is 58.6 Å². The van der Waals surface area contributed by atoms with Crippen molar-refractivity contribution in [3.8, 4) is 11.5 Å². The van der Waals surface area contributed by atoms with Gasteiger partial charge in [0.05, 0.1) is 6.61 Å². The highest BCUT2D eigenvalue weighted by Crippen LogP contribution is 2.26. The largest absolute Gasteiger partial charge is 0.493 e. The summed E-state index contributed by atoms with van der Waals surface area (Å²) in [6.45, 7) is 2.19. The average molecular weight is 321 g/mol. The molecule has 0 saturated carbocycles. The number of aromatic carboxylic acids is 1. The van der Waals surface area contributed by atoms with Crippen LogP contribution >= 0.6 is 11.6 Å². The first-order valence-electron chi connectivity index (χ1n) is 6.49. The lowest BCUT2D eigenvalue weighted by molar-refractivity contribution is 0.0680. The maximum absolute atomic E-state index is 12.2. The van der Waals surface area contributed by atoms with Crippen LogP contribution in [-0.4, -0.2) is 23.7 Å². The Morgan fingerprint density at radius 3 is 2.50 bits per heavy atom. The van der Waals surface area contributed by atoms with Crippen LogP contribution in [0.4, 0.5) is 0 Å². The summed E-state index contributed by atoms with van der Waals surface area (Å²) in [5, 5.41) is 9.38. The van der Waals surface area contributed by atoms with Crippen LogP contribution in [0.2, 0.25) is 5.02 Å². The van der Waals surface area contributed by atoms with E-state index in [1.807, 2.05) is 0 Å². The first-order chi connectivity index (χ1) is 10.5. The first kappa shape index (κ1) is 15.9. The predicted molar refractivity (Wildman–Crippen MR) is 81.0 cm³/mol. The molecule has 0 aliphatic heterocycles. The summed E-state index contributed by atoms with van der Waals surface area (Å²) in [7, 11) is 0. The molecule has 0 aromatic heterocycles. The van der Waals surface area contributed by atoms with E-state index >= 15 is 0 Å². The lowest BCUT2D eigenvalue weighted by Crippen LogP contribution is -2.13. The van der Waals surface area contributed by atoms with Crippen molar-refractivity contribution in [2.75, 3.05) is 6.61 Å². The number of esters is 1. The van der Waals surface area contributed by atoms with Crippen molar-refractivity contribution in [3.63, 3.8) is 0 Å². The Hall–Kier alpha value is -2.53. The Morgan fingerprint density at radius 1 is 1.09 bits per heavy atom. The summed E-state index contributed by atoms with van der Waals surface area (Å²) in [5.74, 6) is -1.63. The van der Waals surface area contributed by atoms with E-state index in [0.717, 1.165) is 0 Å². The minimum atomic E-state index is -1.23.